The van der Waals surface area contributed by atoms with Crippen LogP contribution in [-0.4, -0.2) is 36.1 Å². The van der Waals surface area contributed by atoms with Crippen LogP contribution in [0.3, 0.4) is 0 Å². The molecule has 18 heavy (non-hydrogen) atoms. The summed E-state index contributed by atoms with van der Waals surface area (Å²) >= 11 is 0. The molecular weight excluding hydrogens is 220 g/mol. The molecule has 0 amide bonds. The zero-order valence-electron chi connectivity index (χ0n) is 12.8. The van der Waals surface area contributed by atoms with Gasteiger partial charge in [0.2, 0.25) is 0 Å². The quantitative estimate of drug-likeness (QED) is 0.808. The lowest BCUT2D eigenvalue weighted by molar-refractivity contribution is 0.0463. The number of nitrogens with zero attached hydrogens (tertiary/aromatic N) is 1. The minimum Gasteiger partial charge on any atom is -0.309 e. The Kier molecular flexibility index (Phi) is 4.71. The van der Waals surface area contributed by atoms with E-state index in [2.05, 4.69) is 37.9 Å². The molecule has 2 nitrogen and oxygen atoms in total. The molecule has 0 bridgehead atoms. The van der Waals surface area contributed by atoms with Gasteiger partial charge in [-0.1, -0.05) is 27.2 Å². The fourth-order valence-electron chi connectivity index (χ4n) is 3.36. The van der Waals surface area contributed by atoms with Gasteiger partial charge >= 0.3 is 0 Å². The second kappa shape index (κ2) is 5.92. The predicted octanol–water partition coefficient (Wildman–Crippen LogP) is 3.28. The number of rotatable bonds is 5. The van der Waals surface area contributed by atoms with Crippen LogP contribution in [-0.2, 0) is 0 Å². The van der Waals surface area contributed by atoms with Crippen LogP contribution in [0.1, 0.15) is 59.8 Å². The van der Waals surface area contributed by atoms with Gasteiger partial charge in [0.1, 0.15) is 0 Å². The molecule has 0 aromatic rings. The van der Waals surface area contributed by atoms with Crippen LogP contribution in [0.5, 0.6) is 0 Å². The molecule has 106 valence electrons. The Morgan fingerprint density at radius 2 is 2.06 bits per heavy atom. The summed E-state index contributed by atoms with van der Waals surface area (Å²) in [6.07, 6.45) is 7.00. The van der Waals surface area contributed by atoms with Gasteiger partial charge in [-0.15, -0.1) is 0 Å². The summed E-state index contributed by atoms with van der Waals surface area (Å²) in [6.45, 7) is 13.2. The minimum atomic E-state index is 0.344. The molecule has 2 rings (SSSR count). The summed E-state index contributed by atoms with van der Waals surface area (Å²) in [4.78, 5) is 2.81. The zero-order valence-corrected chi connectivity index (χ0v) is 12.8. The first-order valence-electron chi connectivity index (χ1n) is 8.01. The van der Waals surface area contributed by atoms with Gasteiger partial charge in [-0.3, -0.25) is 4.90 Å². The first-order valence-corrected chi connectivity index (χ1v) is 8.01. The molecule has 2 aliphatic rings. The van der Waals surface area contributed by atoms with E-state index in [4.69, 9.17) is 0 Å². The molecule has 1 N–H and O–H groups in total. The molecule has 2 unspecified atom stereocenters. The first-order chi connectivity index (χ1) is 8.52. The Labute approximate surface area is 114 Å². The van der Waals surface area contributed by atoms with Crippen LogP contribution in [0.25, 0.3) is 0 Å². The van der Waals surface area contributed by atoms with Gasteiger partial charge in [0.15, 0.2) is 0 Å². The molecule has 1 aliphatic heterocycles. The zero-order chi connectivity index (χ0) is 13.2. The maximum Gasteiger partial charge on any atom is 0.0278 e. The van der Waals surface area contributed by atoms with Crippen molar-refractivity contribution in [2.75, 3.05) is 19.6 Å². The molecule has 2 atom stereocenters. The predicted molar refractivity (Wildman–Crippen MR) is 78.9 cm³/mol. The third-order valence-corrected chi connectivity index (χ3v) is 5.07. The normalized spacial score (nSPS) is 34.8. The van der Waals surface area contributed by atoms with Crippen LogP contribution in [0.2, 0.25) is 0 Å². The van der Waals surface area contributed by atoms with Crippen LogP contribution in [0, 0.1) is 11.8 Å². The minimum absolute atomic E-state index is 0.344. The molecule has 0 aromatic carbocycles. The average Bonchev–Trinajstić information content (AvgIpc) is 2.27. The van der Waals surface area contributed by atoms with Crippen molar-refractivity contribution in [3.8, 4) is 0 Å². The van der Waals surface area contributed by atoms with Crippen molar-refractivity contribution in [1.82, 2.24) is 10.2 Å². The highest BCUT2D eigenvalue weighted by Gasteiger charge is 2.36. The van der Waals surface area contributed by atoms with E-state index in [1.807, 2.05) is 0 Å². The van der Waals surface area contributed by atoms with Crippen molar-refractivity contribution in [3.05, 3.63) is 0 Å². The van der Waals surface area contributed by atoms with Crippen molar-refractivity contribution in [3.63, 3.8) is 0 Å². The van der Waals surface area contributed by atoms with E-state index in [0.29, 0.717) is 5.54 Å². The van der Waals surface area contributed by atoms with Crippen LogP contribution in [0.15, 0.2) is 0 Å². The number of piperazine rings is 1. The van der Waals surface area contributed by atoms with E-state index < -0.39 is 0 Å². The Bertz CT molecular complexity index is 260. The van der Waals surface area contributed by atoms with Gasteiger partial charge < -0.3 is 5.32 Å². The number of nitrogens with one attached hydrogen (secondary N) is 1. The average molecular weight is 252 g/mol. The van der Waals surface area contributed by atoms with Crippen LogP contribution < -0.4 is 5.32 Å². The maximum atomic E-state index is 3.80. The number of hydrogen-bond acceptors (Lipinski definition) is 2. The summed E-state index contributed by atoms with van der Waals surface area (Å²) in [7, 11) is 0. The summed E-state index contributed by atoms with van der Waals surface area (Å²) in [5.41, 5.74) is 0.344. The van der Waals surface area contributed by atoms with Gasteiger partial charge in [0.25, 0.3) is 0 Å². The molecule has 2 heteroatoms. The summed E-state index contributed by atoms with van der Waals surface area (Å²) in [5, 5.41) is 3.80. The van der Waals surface area contributed by atoms with Crippen molar-refractivity contribution in [1.29, 1.82) is 0 Å². The van der Waals surface area contributed by atoms with Gasteiger partial charge in [-0.05, 0) is 44.4 Å². The number of hydrogen-bond donors (Lipinski definition) is 1. The lowest BCUT2D eigenvalue weighted by Gasteiger charge is -2.48. The molecular formula is C16H32N2. The van der Waals surface area contributed by atoms with E-state index in [-0.39, 0.29) is 0 Å². The lowest BCUT2D eigenvalue weighted by atomic mass is 9.83. The third-order valence-electron chi connectivity index (χ3n) is 5.07. The molecule has 0 aromatic heterocycles. The van der Waals surface area contributed by atoms with Crippen LogP contribution in [0.4, 0.5) is 0 Å². The summed E-state index contributed by atoms with van der Waals surface area (Å²) in [6, 6.07) is 0.769. The van der Waals surface area contributed by atoms with E-state index in [1.54, 1.807) is 0 Å². The highest BCUT2D eigenvalue weighted by molar-refractivity contribution is 4.95. The van der Waals surface area contributed by atoms with Crippen molar-refractivity contribution in [2.24, 2.45) is 11.8 Å². The Morgan fingerprint density at radius 3 is 2.56 bits per heavy atom. The van der Waals surface area contributed by atoms with E-state index in [0.717, 1.165) is 17.9 Å². The monoisotopic (exact) mass is 252 g/mol. The summed E-state index contributed by atoms with van der Waals surface area (Å²) < 4.78 is 0. The van der Waals surface area contributed by atoms with Gasteiger partial charge in [0.05, 0.1) is 0 Å². The van der Waals surface area contributed by atoms with Gasteiger partial charge in [0, 0.05) is 31.2 Å². The smallest absolute Gasteiger partial charge is 0.0278 e. The van der Waals surface area contributed by atoms with E-state index in [1.165, 1.54) is 51.7 Å². The van der Waals surface area contributed by atoms with Gasteiger partial charge in [-0.2, -0.15) is 0 Å². The first kappa shape index (κ1) is 14.3. The van der Waals surface area contributed by atoms with E-state index >= 15 is 0 Å². The molecule has 2 fully saturated rings. The third kappa shape index (κ3) is 3.48. The van der Waals surface area contributed by atoms with Gasteiger partial charge in [-0.25, -0.2) is 0 Å². The molecule has 1 saturated heterocycles. The topological polar surface area (TPSA) is 15.3 Å². The second-order valence-corrected chi connectivity index (χ2v) is 7.30. The lowest BCUT2D eigenvalue weighted by Crippen LogP contribution is -2.63. The summed E-state index contributed by atoms with van der Waals surface area (Å²) in [5.74, 6) is 1.81. The largest absolute Gasteiger partial charge is 0.309 e. The SMILES string of the molecule is CCC1(C)CN(CC2CCC2)C(CC(C)C)CN1. The van der Waals surface area contributed by atoms with Crippen molar-refractivity contribution >= 4 is 0 Å². The highest BCUT2D eigenvalue weighted by atomic mass is 15.3. The second-order valence-electron chi connectivity index (χ2n) is 7.30. The maximum absolute atomic E-state index is 3.80. The molecule has 1 aliphatic carbocycles. The van der Waals surface area contributed by atoms with Crippen molar-refractivity contribution in [2.45, 2.75) is 71.4 Å². The molecule has 1 saturated carbocycles. The molecule has 0 spiro atoms. The van der Waals surface area contributed by atoms with Crippen LogP contribution >= 0.6 is 0 Å². The Hall–Kier alpha value is -0.0800. The van der Waals surface area contributed by atoms with E-state index in [9.17, 15) is 0 Å². The highest BCUT2D eigenvalue weighted by Crippen LogP contribution is 2.30. The molecule has 0 radical (unpaired) electrons. The molecule has 1 heterocycles. The Balaban J connectivity index is 1.95. The fraction of sp³-hybridized carbons (Fsp3) is 1.00. The Morgan fingerprint density at radius 1 is 1.33 bits per heavy atom. The van der Waals surface area contributed by atoms with Crippen molar-refractivity contribution < 1.29 is 0 Å². The standard InChI is InChI=1S/C16H32N2/c1-5-16(4)12-18(11-14-7-6-8-14)15(10-17-16)9-13(2)3/h13-15,17H,5-12H2,1-4H3. The fourth-order valence-corrected chi connectivity index (χ4v) is 3.36.